The van der Waals surface area contributed by atoms with Crippen LogP contribution in [0.1, 0.15) is 70.1 Å². The van der Waals surface area contributed by atoms with Crippen molar-refractivity contribution in [2.75, 3.05) is 13.2 Å². The van der Waals surface area contributed by atoms with E-state index in [9.17, 15) is 54.0 Å². The van der Waals surface area contributed by atoms with Gasteiger partial charge in [0.1, 0.15) is 47.8 Å². The molecular formula is C49H64N8O11. The fraction of sp³-hybridized carbons (Fsp3) is 0.449. The number of benzene rings is 3. The molecule has 1 aliphatic heterocycles. The van der Waals surface area contributed by atoms with Gasteiger partial charge in [-0.1, -0.05) is 70.2 Å². The minimum absolute atomic E-state index is 0.0258. The van der Waals surface area contributed by atoms with Gasteiger partial charge in [-0.3, -0.25) is 28.8 Å². The number of carboxylic acids is 1. The summed E-state index contributed by atoms with van der Waals surface area (Å²) in [6.07, 6.45) is 2.73. The number of phenols is 2. The van der Waals surface area contributed by atoms with Gasteiger partial charge in [0.25, 0.3) is 0 Å². The molecule has 1 saturated heterocycles. The summed E-state index contributed by atoms with van der Waals surface area (Å²) >= 11 is 0. The van der Waals surface area contributed by atoms with Crippen LogP contribution in [0.15, 0.2) is 79.0 Å². The molecule has 19 heteroatoms. The number of amides is 6. The normalized spacial score (nSPS) is 16.3. The summed E-state index contributed by atoms with van der Waals surface area (Å²) < 4.78 is 0. The quantitative estimate of drug-likeness (QED) is 0.0505. The van der Waals surface area contributed by atoms with Gasteiger partial charge in [-0.05, 0) is 91.0 Å². The predicted molar refractivity (Wildman–Crippen MR) is 252 cm³/mol. The first-order valence-electron chi connectivity index (χ1n) is 22.9. The lowest BCUT2D eigenvalue weighted by atomic mass is 9.98. The van der Waals surface area contributed by atoms with E-state index in [4.69, 9.17) is 5.73 Å². The van der Waals surface area contributed by atoms with Crippen LogP contribution in [0.4, 0.5) is 0 Å². The van der Waals surface area contributed by atoms with E-state index < -0.39 is 90.3 Å². The van der Waals surface area contributed by atoms with E-state index in [1.807, 2.05) is 52.0 Å². The number of carbonyl (C=O) groups is 7. The molecule has 3 aromatic carbocycles. The number of likely N-dealkylation sites (tertiary alicyclic amines) is 1. The standard InChI is InChI=1S/C49H64N8O11/c1-27(2)20-37(44(62)54-39(22-29-11-15-32(59)16-12-29)45(63)55-40(49(67)68)23-30-13-17-33(60)18-14-30)52-43(61)38(21-28(3)4)53-46(64)41(26-58)56-47(65)42-10-7-19-57(42)48(66)35(50)24-31-25-51-36-9-6-5-8-34(31)36/h5-6,8-9,11-18,25,27-28,35,37-42,51,58-60H,7,10,19-24,26,50H2,1-4H3,(H,52,61)(H,53,64)(H,54,62)(H,55,63)(H,56,65)(H,67,68)/t35-,37-,38-,39-,40-,41-,42-/m0/s1. The Kier molecular flexibility index (Phi) is 18.5. The first-order valence-corrected chi connectivity index (χ1v) is 22.9. The van der Waals surface area contributed by atoms with Crippen molar-refractivity contribution >= 4 is 52.3 Å². The molecular weight excluding hydrogens is 877 g/mol. The van der Waals surface area contributed by atoms with Crippen molar-refractivity contribution in [3.63, 3.8) is 0 Å². The molecule has 0 bridgehead atoms. The van der Waals surface area contributed by atoms with E-state index in [0.717, 1.165) is 16.5 Å². The van der Waals surface area contributed by atoms with Crippen molar-refractivity contribution in [1.29, 1.82) is 0 Å². The number of para-hydroxylation sites is 1. The SMILES string of the molecule is CC(C)C[C@H](NC(=O)[C@H](CC(C)C)NC(=O)[C@H](CO)NC(=O)[C@@H]1CCCN1C(=O)[C@@H](N)Cc1c[nH]c2ccccc12)C(=O)N[C@@H](Cc1ccc(O)cc1)C(=O)N[C@@H](Cc1ccc(O)cc1)C(=O)O. The van der Waals surface area contributed by atoms with Crippen LogP contribution in [0, 0.1) is 11.8 Å². The number of nitrogens with zero attached hydrogens (tertiary/aromatic N) is 1. The van der Waals surface area contributed by atoms with Crippen LogP contribution >= 0.6 is 0 Å². The maximum absolute atomic E-state index is 14.1. The number of carbonyl (C=O) groups excluding carboxylic acids is 6. The summed E-state index contributed by atoms with van der Waals surface area (Å²) in [6, 6.07) is 10.5. The number of hydrogen-bond acceptors (Lipinski definition) is 11. The number of hydrogen-bond donors (Lipinski definition) is 11. The number of aromatic amines is 1. The Morgan fingerprint density at radius 3 is 1.68 bits per heavy atom. The average molecular weight is 941 g/mol. The third kappa shape index (κ3) is 14.5. The van der Waals surface area contributed by atoms with Crippen LogP contribution in [-0.2, 0) is 52.8 Å². The zero-order chi connectivity index (χ0) is 49.7. The average Bonchev–Trinajstić information content (AvgIpc) is 3.96. The van der Waals surface area contributed by atoms with Gasteiger partial charge < -0.3 is 62.6 Å². The molecule has 1 fully saturated rings. The van der Waals surface area contributed by atoms with Gasteiger partial charge in [0, 0.05) is 36.5 Å². The topological polar surface area (TPSA) is 306 Å². The zero-order valence-electron chi connectivity index (χ0n) is 38.7. The number of carboxylic acid groups (broad SMARTS) is 1. The molecule has 6 amide bonds. The van der Waals surface area contributed by atoms with Crippen LogP contribution in [0.25, 0.3) is 10.9 Å². The third-order valence-corrected chi connectivity index (χ3v) is 11.8. The second kappa shape index (κ2) is 24.2. The van der Waals surface area contributed by atoms with Gasteiger partial charge in [0.05, 0.1) is 12.6 Å². The van der Waals surface area contributed by atoms with Crippen LogP contribution < -0.4 is 32.3 Å². The fourth-order valence-corrected chi connectivity index (χ4v) is 8.24. The first kappa shape index (κ1) is 52.0. The molecule has 0 radical (unpaired) electrons. The number of aliphatic hydroxyl groups excluding tert-OH is 1. The highest BCUT2D eigenvalue weighted by Gasteiger charge is 2.39. The van der Waals surface area contributed by atoms with Crippen molar-refractivity contribution in [3.05, 3.63) is 95.7 Å². The molecule has 12 N–H and O–H groups in total. The Morgan fingerprint density at radius 2 is 1.15 bits per heavy atom. The fourth-order valence-electron chi connectivity index (χ4n) is 8.24. The molecule has 4 aromatic rings. The lowest BCUT2D eigenvalue weighted by Gasteiger charge is -2.29. The number of nitrogens with two attached hydrogens (primary N) is 1. The molecule has 5 rings (SSSR count). The van der Waals surface area contributed by atoms with E-state index in [1.54, 1.807) is 6.20 Å². The monoisotopic (exact) mass is 940 g/mol. The molecule has 0 saturated carbocycles. The Morgan fingerprint density at radius 1 is 0.662 bits per heavy atom. The molecule has 0 spiro atoms. The Balaban J connectivity index is 1.26. The summed E-state index contributed by atoms with van der Waals surface area (Å²) in [5.41, 5.74) is 9.16. The maximum Gasteiger partial charge on any atom is 0.326 e. The van der Waals surface area contributed by atoms with Crippen LogP contribution in [-0.4, -0.2) is 127 Å². The molecule has 366 valence electrons. The number of fused-ring (bicyclic) bond motifs is 1. The highest BCUT2D eigenvalue weighted by Crippen LogP contribution is 2.23. The van der Waals surface area contributed by atoms with Crippen LogP contribution in [0.2, 0.25) is 0 Å². The largest absolute Gasteiger partial charge is 0.508 e. The highest BCUT2D eigenvalue weighted by atomic mass is 16.4. The number of nitrogens with one attached hydrogen (secondary N) is 6. The van der Waals surface area contributed by atoms with E-state index in [1.165, 1.54) is 53.4 Å². The summed E-state index contributed by atoms with van der Waals surface area (Å²) in [5.74, 6) is -6.12. The molecule has 19 nitrogen and oxygen atoms in total. The van der Waals surface area contributed by atoms with E-state index in [-0.39, 0.29) is 62.0 Å². The van der Waals surface area contributed by atoms with Crippen LogP contribution in [0.5, 0.6) is 11.5 Å². The second-order valence-electron chi connectivity index (χ2n) is 18.2. The van der Waals surface area contributed by atoms with Crippen molar-refractivity contribution in [3.8, 4) is 11.5 Å². The third-order valence-electron chi connectivity index (χ3n) is 11.8. The van der Waals surface area contributed by atoms with Crippen molar-refractivity contribution in [2.45, 2.75) is 115 Å². The zero-order valence-corrected chi connectivity index (χ0v) is 38.7. The van der Waals surface area contributed by atoms with E-state index in [0.29, 0.717) is 24.0 Å². The minimum Gasteiger partial charge on any atom is -0.508 e. The molecule has 0 unspecified atom stereocenters. The predicted octanol–water partition coefficient (Wildman–Crippen LogP) is 1.52. The molecule has 0 aliphatic carbocycles. The molecule has 1 aliphatic rings. The van der Waals surface area contributed by atoms with E-state index in [2.05, 4.69) is 31.6 Å². The van der Waals surface area contributed by atoms with Gasteiger partial charge in [-0.15, -0.1) is 0 Å². The summed E-state index contributed by atoms with van der Waals surface area (Å²) in [7, 11) is 0. The smallest absolute Gasteiger partial charge is 0.326 e. The maximum atomic E-state index is 14.1. The lowest BCUT2D eigenvalue weighted by Crippen LogP contribution is -2.60. The Labute approximate surface area is 394 Å². The van der Waals surface area contributed by atoms with Crippen LogP contribution in [0.3, 0.4) is 0 Å². The number of rotatable bonds is 23. The van der Waals surface area contributed by atoms with Gasteiger partial charge in [-0.25, -0.2) is 4.79 Å². The minimum atomic E-state index is -1.51. The number of H-pyrrole nitrogens is 1. The summed E-state index contributed by atoms with van der Waals surface area (Å²) in [6.45, 7) is 6.67. The number of phenolic OH excluding ortho intramolecular Hbond substituents is 2. The Bertz CT molecular complexity index is 2390. The second-order valence-corrected chi connectivity index (χ2v) is 18.2. The van der Waals surface area contributed by atoms with Crippen molar-refractivity contribution in [2.24, 2.45) is 17.6 Å². The highest BCUT2D eigenvalue weighted by molar-refractivity contribution is 5.97. The van der Waals surface area contributed by atoms with Crippen molar-refractivity contribution in [1.82, 2.24) is 36.5 Å². The van der Waals surface area contributed by atoms with Crippen molar-refractivity contribution < 1.29 is 54.0 Å². The summed E-state index contributed by atoms with van der Waals surface area (Å²) in [5, 5.41) is 53.9. The van der Waals surface area contributed by atoms with Gasteiger partial charge in [0.15, 0.2) is 0 Å². The van der Waals surface area contributed by atoms with Gasteiger partial charge in [-0.2, -0.15) is 0 Å². The molecule has 7 atom stereocenters. The number of aliphatic carboxylic acids is 1. The molecule has 1 aromatic heterocycles. The van der Waals surface area contributed by atoms with Gasteiger partial charge >= 0.3 is 5.97 Å². The lowest BCUT2D eigenvalue weighted by molar-refractivity contribution is -0.142. The molecule has 2 heterocycles. The van der Waals surface area contributed by atoms with Gasteiger partial charge in [0.2, 0.25) is 35.4 Å². The first-order chi connectivity index (χ1) is 32.3. The Hall–Kier alpha value is -6.99. The number of aromatic hydroxyl groups is 2. The van der Waals surface area contributed by atoms with E-state index >= 15 is 0 Å². The molecule has 68 heavy (non-hydrogen) atoms. The number of aromatic nitrogens is 1. The number of aliphatic hydroxyl groups is 1. The summed E-state index contributed by atoms with van der Waals surface area (Å²) in [4.78, 5) is 100.0.